The molecule has 1 aromatic rings. The third-order valence-electron chi connectivity index (χ3n) is 3.98. The Morgan fingerprint density at radius 3 is 2.55 bits per heavy atom. The van der Waals surface area contributed by atoms with E-state index < -0.39 is 16.0 Å². The molecule has 7 heteroatoms. The number of nitrogens with zero attached hydrogens (tertiary/aromatic N) is 1. The summed E-state index contributed by atoms with van der Waals surface area (Å²) < 4.78 is 31.7. The lowest BCUT2D eigenvalue weighted by atomic mass is 9.98. The van der Waals surface area contributed by atoms with Crippen molar-refractivity contribution in [2.24, 2.45) is 5.92 Å². The molecule has 1 aliphatic heterocycles. The van der Waals surface area contributed by atoms with Gasteiger partial charge in [0.25, 0.3) is 0 Å². The number of methoxy groups -OCH3 is 1. The highest BCUT2D eigenvalue weighted by molar-refractivity contribution is 7.89. The van der Waals surface area contributed by atoms with E-state index in [0.29, 0.717) is 19.0 Å². The largest absolute Gasteiger partial charge is 0.465 e. The third-order valence-corrected chi connectivity index (χ3v) is 5.93. The second kappa shape index (κ2) is 7.21. The summed E-state index contributed by atoms with van der Waals surface area (Å²) in [5.74, 6) is -0.142. The number of hydrogen-bond acceptors (Lipinski definition) is 5. The molecule has 1 heterocycles. The van der Waals surface area contributed by atoms with Gasteiger partial charge in [-0.3, -0.25) is 0 Å². The van der Waals surface area contributed by atoms with E-state index in [9.17, 15) is 13.2 Å². The molecule has 0 bridgehead atoms. The van der Waals surface area contributed by atoms with Crippen LogP contribution in [0.5, 0.6) is 0 Å². The number of esters is 1. The van der Waals surface area contributed by atoms with Gasteiger partial charge in [-0.05, 0) is 44.5 Å². The number of nitrogens with one attached hydrogen (secondary N) is 1. The minimum Gasteiger partial charge on any atom is -0.465 e. The second-order valence-electron chi connectivity index (χ2n) is 5.39. The van der Waals surface area contributed by atoms with Gasteiger partial charge in [0, 0.05) is 13.1 Å². The van der Waals surface area contributed by atoms with Crippen molar-refractivity contribution in [3.8, 4) is 0 Å². The first-order chi connectivity index (χ1) is 10.5. The van der Waals surface area contributed by atoms with Gasteiger partial charge in [0.1, 0.15) is 0 Å². The first-order valence-corrected chi connectivity index (χ1v) is 8.76. The topological polar surface area (TPSA) is 75.7 Å². The van der Waals surface area contributed by atoms with Crippen molar-refractivity contribution in [1.29, 1.82) is 0 Å². The highest BCUT2D eigenvalue weighted by Crippen LogP contribution is 2.25. The van der Waals surface area contributed by atoms with Crippen molar-refractivity contribution in [2.45, 2.75) is 17.7 Å². The smallest absolute Gasteiger partial charge is 0.339 e. The monoisotopic (exact) mass is 326 g/mol. The van der Waals surface area contributed by atoms with Crippen molar-refractivity contribution in [3.63, 3.8) is 0 Å². The van der Waals surface area contributed by atoms with Gasteiger partial charge in [-0.25, -0.2) is 13.2 Å². The maximum atomic E-state index is 12.8. The van der Waals surface area contributed by atoms with Crippen LogP contribution in [0.4, 0.5) is 0 Å². The Morgan fingerprint density at radius 1 is 1.32 bits per heavy atom. The predicted molar refractivity (Wildman–Crippen MR) is 83.2 cm³/mol. The summed E-state index contributed by atoms with van der Waals surface area (Å²) in [6.07, 6.45) is 1.64. The number of benzene rings is 1. The van der Waals surface area contributed by atoms with Gasteiger partial charge >= 0.3 is 5.97 Å². The zero-order valence-electron chi connectivity index (χ0n) is 12.9. The van der Waals surface area contributed by atoms with Crippen molar-refractivity contribution in [1.82, 2.24) is 9.62 Å². The summed E-state index contributed by atoms with van der Waals surface area (Å²) in [5.41, 5.74) is 0.0855. The van der Waals surface area contributed by atoms with Gasteiger partial charge in [0.15, 0.2) is 0 Å². The van der Waals surface area contributed by atoms with Crippen LogP contribution in [-0.2, 0) is 14.8 Å². The van der Waals surface area contributed by atoms with E-state index in [2.05, 4.69) is 10.1 Å². The Labute approximate surface area is 131 Å². The number of rotatable bonds is 5. The van der Waals surface area contributed by atoms with Crippen molar-refractivity contribution < 1.29 is 17.9 Å². The quantitative estimate of drug-likeness (QED) is 0.820. The molecule has 0 atom stereocenters. The van der Waals surface area contributed by atoms with Crippen LogP contribution in [0.3, 0.4) is 0 Å². The van der Waals surface area contributed by atoms with Crippen molar-refractivity contribution in [2.75, 3.05) is 33.8 Å². The summed E-state index contributed by atoms with van der Waals surface area (Å²) in [5, 5.41) is 3.13. The lowest BCUT2D eigenvalue weighted by Gasteiger charge is -2.31. The van der Waals surface area contributed by atoms with Crippen molar-refractivity contribution in [3.05, 3.63) is 29.8 Å². The summed E-state index contributed by atoms with van der Waals surface area (Å²) in [4.78, 5) is 11.8. The first-order valence-electron chi connectivity index (χ1n) is 7.32. The maximum Gasteiger partial charge on any atom is 0.339 e. The number of carbonyl (C=O) groups excluding carboxylic acids is 1. The molecule has 122 valence electrons. The molecular formula is C15H22N2O4S. The number of ether oxygens (including phenoxy) is 1. The van der Waals surface area contributed by atoms with E-state index in [1.807, 2.05) is 7.05 Å². The minimum atomic E-state index is -3.67. The zero-order chi connectivity index (χ0) is 16.2. The van der Waals surface area contributed by atoms with E-state index in [1.165, 1.54) is 23.5 Å². The van der Waals surface area contributed by atoms with E-state index >= 15 is 0 Å². The number of hydrogen-bond donors (Lipinski definition) is 1. The minimum absolute atomic E-state index is 0.0221. The normalized spacial score (nSPS) is 17.4. The maximum absolute atomic E-state index is 12.8. The number of piperidine rings is 1. The Morgan fingerprint density at radius 2 is 1.95 bits per heavy atom. The fourth-order valence-corrected chi connectivity index (χ4v) is 4.40. The van der Waals surface area contributed by atoms with Gasteiger partial charge in [-0.2, -0.15) is 4.31 Å². The molecule has 0 amide bonds. The van der Waals surface area contributed by atoms with Gasteiger partial charge in [0.2, 0.25) is 10.0 Å². The summed E-state index contributed by atoms with van der Waals surface area (Å²) >= 11 is 0. The Kier molecular flexibility index (Phi) is 5.55. The van der Waals surface area contributed by atoms with Gasteiger partial charge in [-0.1, -0.05) is 12.1 Å². The van der Waals surface area contributed by atoms with Crippen LogP contribution in [0.25, 0.3) is 0 Å². The van der Waals surface area contributed by atoms with Crippen LogP contribution in [0, 0.1) is 5.92 Å². The second-order valence-corrected chi connectivity index (χ2v) is 7.30. The number of sulfonamides is 1. The summed E-state index contributed by atoms with van der Waals surface area (Å²) in [6.45, 7) is 1.85. The molecule has 22 heavy (non-hydrogen) atoms. The molecule has 1 N–H and O–H groups in total. The van der Waals surface area contributed by atoms with E-state index in [0.717, 1.165) is 19.4 Å². The zero-order valence-corrected chi connectivity index (χ0v) is 13.7. The van der Waals surface area contributed by atoms with Crippen molar-refractivity contribution >= 4 is 16.0 Å². The van der Waals surface area contributed by atoms with Gasteiger partial charge < -0.3 is 10.1 Å². The molecule has 6 nitrogen and oxygen atoms in total. The van der Waals surface area contributed by atoms with Crippen LogP contribution in [-0.4, -0.2) is 52.5 Å². The molecule has 1 aromatic carbocycles. The molecular weight excluding hydrogens is 304 g/mol. The molecule has 1 fully saturated rings. The van der Waals surface area contributed by atoms with Crippen LogP contribution in [0.2, 0.25) is 0 Å². The standard InChI is InChI=1S/C15H22N2O4S/c1-16-11-12-7-9-17(10-8-12)22(19,20)14-6-4-3-5-13(14)15(18)21-2/h3-6,12,16H,7-11H2,1-2H3. The molecule has 0 unspecified atom stereocenters. The molecule has 2 rings (SSSR count). The molecule has 0 aromatic heterocycles. The summed E-state index contributed by atoms with van der Waals surface area (Å²) in [7, 11) is -0.531. The number of carbonyl (C=O) groups is 1. The Balaban J connectivity index is 2.23. The first kappa shape index (κ1) is 16.9. The molecule has 1 aliphatic rings. The third kappa shape index (κ3) is 3.48. The molecule has 0 saturated carbocycles. The lowest BCUT2D eigenvalue weighted by molar-refractivity contribution is 0.0596. The van der Waals surface area contributed by atoms with Crippen LogP contribution in [0.15, 0.2) is 29.2 Å². The highest BCUT2D eigenvalue weighted by atomic mass is 32.2. The highest BCUT2D eigenvalue weighted by Gasteiger charge is 2.32. The van der Waals surface area contributed by atoms with Crippen LogP contribution in [0.1, 0.15) is 23.2 Å². The van der Waals surface area contributed by atoms with E-state index in [4.69, 9.17) is 0 Å². The average Bonchev–Trinajstić information content (AvgIpc) is 2.55. The Bertz CT molecular complexity index is 622. The summed E-state index contributed by atoms with van der Waals surface area (Å²) in [6, 6.07) is 6.19. The predicted octanol–water partition coefficient (Wildman–Crippen LogP) is 1.09. The lowest BCUT2D eigenvalue weighted by Crippen LogP contribution is -2.40. The van der Waals surface area contributed by atoms with Crippen LogP contribution >= 0.6 is 0 Å². The fraction of sp³-hybridized carbons (Fsp3) is 0.533. The Hall–Kier alpha value is -1.44. The molecule has 0 spiro atoms. The molecule has 0 radical (unpaired) electrons. The SMILES string of the molecule is CNCC1CCN(S(=O)(=O)c2ccccc2C(=O)OC)CC1. The molecule has 0 aliphatic carbocycles. The molecule has 1 saturated heterocycles. The van der Waals surface area contributed by atoms with Crippen LogP contribution < -0.4 is 5.32 Å². The van der Waals surface area contributed by atoms with Gasteiger partial charge in [-0.15, -0.1) is 0 Å². The van der Waals surface area contributed by atoms with Gasteiger partial charge in [0.05, 0.1) is 17.6 Å². The fourth-order valence-electron chi connectivity index (χ4n) is 2.75. The van der Waals surface area contributed by atoms with E-state index in [-0.39, 0.29) is 10.5 Å². The van der Waals surface area contributed by atoms with E-state index in [1.54, 1.807) is 12.1 Å². The average molecular weight is 326 g/mol.